The molecule has 0 amide bonds. The third kappa shape index (κ3) is 1.21. The molecule has 2 bridgehead atoms. The molecule has 0 unspecified atom stereocenters. The van der Waals surface area contributed by atoms with Gasteiger partial charge in [-0.1, -0.05) is 0 Å². The average molecular weight is 279 g/mol. The summed E-state index contributed by atoms with van der Waals surface area (Å²) >= 11 is 2.26. The minimum Gasteiger partial charge on any atom is -0.303 e. The Morgan fingerprint density at radius 3 is 1.92 bits per heavy atom. The van der Waals surface area contributed by atoms with E-state index in [-0.39, 0.29) is 5.41 Å². The third-order valence-electron chi connectivity index (χ3n) is 3.75. The van der Waals surface area contributed by atoms with Crippen molar-refractivity contribution in [1.82, 2.24) is 3.53 Å². The van der Waals surface area contributed by atoms with Gasteiger partial charge in [-0.25, -0.2) is 0 Å². The Morgan fingerprint density at radius 2 is 1.58 bits per heavy atom. The highest BCUT2D eigenvalue weighted by atomic mass is 127. The first kappa shape index (κ1) is 8.94. The van der Waals surface area contributed by atoms with E-state index in [1.807, 2.05) is 0 Å². The van der Waals surface area contributed by atoms with Crippen LogP contribution in [-0.4, -0.2) is 11.8 Å². The SMILES string of the molecule is O=CC12CCC(NI)(CC1)CC2. The predicted molar refractivity (Wildman–Crippen MR) is 56.1 cm³/mol. The smallest absolute Gasteiger partial charge is 0.126 e. The van der Waals surface area contributed by atoms with Gasteiger partial charge in [0.1, 0.15) is 6.29 Å². The van der Waals surface area contributed by atoms with Gasteiger partial charge in [-0.05, 0) is 38.5 Å². The molecular formula is C9H14INO. The summed E-state index contributed by atoms with van der Waals surface area (Å²) in [7, 11) is 0. The zero-order chi connectivity index (χ0) is 8.66. The zero-order valence-corrected chi connectivity index (χ0v) is 9.26. The first-order valence-corrected chi connectivity index (χ1v) is 5.66. The van der Waals surface area contributed by atoms with Gasteiger partial charge in [-0.2, -0.15) is 0 Å². The van der Waals surface area contributed by atoms with Gasteiger partial charge < -0.3 is 4.79 Å². The monoisotopic (exact) mass is 279 g/mol. The fraction of sp³-hybridized carbons (Fsp3) is 0.889. The van der Waals surface area contributed by atoms with E-state index >= 15 is 0 Å². The molecule has 0 aromatic rings. The molecule has 3 aliphatic rings. The molecule has 0 saturated heterocycles. The maximum atomic E-state index is 10.9. The van der Waals surface area contributed by atoms with Crippen LogP contribution in [0.2, 0.25) is 0 Å². The molecular weight excluding hydrogens is 265 g/mol. The molecule has 0 aromatic carbocycles. The normalized spacial score (nSPS) is 46.1. The Morgan fingerprint density at radius 1 is 1.08 bits per heavy atom. The van der Waals surface area contributed by atoms with Crippen molar-refractivity contribution >= 4 is 29.2 Å². The number of rotatable bonds is 2. The number of carbonyl (C=O) groups is 1. The maximum absolute atomic E-state index is 10.9. The lowest BCUT2D eigenvalue weighted by molar-refractivity contribution is -0.122. The number of hydrogen-bond donors (Lipinski definition) is 1. The fourth-order valence-electron chi connectivity index (χ4n) is 2.53. The lowest BCUT2D eigenvalue weighted by Crippen LogP contribution is -2.52. The van der Waals surface area contributed by atoms with Crippen LogP contribution in [0, 0.1) is 5.41 Å². The molecule has 3 aliphatic carbocycles. The Hall–Kier alpha value is 0.360. The molecule has 12 heavy (non-hydrogen) atoms. The summed E-state index contributed by atoms with van der Waals surface area (Å²) in [6.07, 6.45) is 8.09. The minimum absolute atomic E-state index is 0.0786. The van der Waals surface area contributed by atoms with E-state index in [1.54, 1.807) is 0 Å². The summed E-state index contributed by atoms with van der Waals surface area (Å²) in [5.74, 6) is 0. The van der Waals surface area contributed by atoms with Gasteiger partial charge in [0.15, 0.2) is 0 Å². The second-order valence-electron chi connectivity index (χ2n) is 4.36. The number of halogens is 1. The van der Waals surface area contributed by atoms with E-state index in [0.717, 1.165) is 19.3 Å². The van der Waals surface area contributed by atoms with Crippen LogP contribution in [0.4, 0.5) is 0 Å². The predicted octanol–water partition coefficient (Wildman–Crippen LogP) is 2.22. The van der Waals surface area contributed by atoms with Crippen LogP contribution in [0.3, 0.4) is 0 Å². The number of carbonyl (C=O) groups excluding carboxylic acids is 1. The quantitative estimate of drug-likeness (QED) is 0.477. The van der Waals surface area contributed by atoms with Gasteiger partial charge in [0.05, 0.1) is 0 Å². The van der Waals surface area contributed by atoms with Gasteiger partial charge in [0.2, 0.25) is 0 Å². The lowest BCUT2D eigenvalue weighted by atomic mass is 9.58. The molecule has 2 nitrogen and oxygen atoms in total. The van der Waals surface area contributed by atoms with Crippen LogP contribution in [0.5, 0.6) is 0 Å². The fourth-order valence-corrected chi connectivity index (χ4v) is 3.34. The van der Waals surface area contributed by atoms with Gasteiger partial charge in [0, 0.05) is 33.8 Å². The highest BCUT2D eigenvalue weighted by molar-refractivity contribution is 14.1. The van der Waals surface area contributed by atoms with E-state index in [2.05, 4.69) is 26.4 Å². The summed E-state index contributed by atoms with van der Waals surface area (Å²) in [5.41, 5.74) is 0.459. The van der Waals surface area contributed by atoms with Crippen LogP contribution < -0.4 is 3.53 Å². The van der Waals surface area contributed by atoms with Crippen LogP contribution in [0.15, 0.2) is 0 Å². The van der Waals surface area contributed by atoms with Gasteiger partial charge in [-0.15, -0.1) is 0 Å². The molecule has 0 atom stereocenters. The van der Waals surface area contributed by atoms with Crippen molar-refractivity contribution < 1.29 is 4.79 Å². The largest absolute Gasteiger partial charge is 0.303 e. The van der Waals surface area contributed by atoms with Crippen molar-refractivity contribution in [3.8, 4) is 0 Å². The van der Waals surface area contributed by atoms with Crippen molar-refractivity contribution in [2.24, 2.45) is 5.41 Å². The number of nitrogens with one attached hydrogen (secondary N) is 1. The van der Waals surface area contributed by atoms with E-state index < -0.39 is 0 Å². The molecule has 68 valence electrons. The Labute approximate surface area is 87.0 Å². The van der Waals surface area contributed by atoms with Crippen molar-refractivity contribution in [2.75, 3.05) is 0 Å². The highest BCUT2D eigenvalue weighted by Crippen LogP contribution is 2.51. The van der Waals surface area contributed by atoms with E-state index in [4.69, 9.17) is 0 Å². The van der Waals surface area contributed by atoms with E-state index in [1.165, 1.54) is 25.5 Å². The van der Waals surface area contributed by atoms with Crippen molar-refractivity contribution in [3.63, 3.8) is 0 Å². The minimum atomic E-state index is 0.0786. The van der Waals surface area contributed by atoms with Gasteiger partial charge in [-0.3, -0.25) is 3.53 Å². The molecule has 3 saturated carbocycles. The first-order valence-electron chi connectivity index (χ1n) is 4.58. The second-order valence-corrected chi connectivity index (χ2v) is 4.89. The summed E-state index contributed by atoms with van der Waals surface area (Å²) in [5, 5.41) is 0. The van der Waals surface area contributed by atoms with Gasteiger partial charge in [0.25, 0.3) is 0 Å². The molecule has 0 aliphatic heterocycles. The topological polar surface area (TPSA) is 29.1 Å². The van der Waals surface area contributed by atoms with Crippen molar-refractivity contribution in [1.29, 1.82) is 0 Å². The number of hydrogen-bond acceptors (Lipinski definition) is 2. The molecule has 3 fully saturated rings. The molecule has 3 heteroatoms. The Balaban J connectivity index is 2.14. The van der Waals surface area contributed by atoms with Crippen LogP contribution in [0.1, 0.15) is 38.5 Å². The summed E-state index contributed by atoms with van der Waals surface area (Å²) in [6.45, 7) is 0. The summed E-state index contributed by atoms with van der Waals surface area (Å²) < 4.78 is 3.40. The standard InChI is InChI=1S/C9H14INO/c10-11-9-4-1-8(7-12,2-5-9)3-6-9/h7,11H,1-6H2. The first-order chi connectivity index (χ1) is 5.74. The number of aldehydes is 1. The van der Waals surface area contributed by atoms with E-state index in [0.29, 0.717) is 5.54 Å². The Bertz CT molecular complexity index is 180. The van der Waals surface area contributed by atoms with Crippen LogP contribution in [0.25, 0.3) is 0 Å². The van der Waals surface area contributed by atoms with Crippen LogP contribution >= 0.6 is 22.9 Å². The van der Waals surface area contributed by atoms with Gasteiger partial charge >= 0.3 is 0 Å². The third-order valence-corrected chi connectivity index (χ3v) is 4.90. The average Bonchev–Trinajstić information content (AvgIpc) is 2.21. The molecule has 3 rings (SSSR count). The highest BCUT2D eigenvalue weighted by Gasteiger charge is 2.47. The molecule has 0 aromatic heterocycles. The molecule has 0 radical (unpaired) electrons. The lowest BCUT2D eigenvalue weighted by Gasteiger charge is -2.50. The summed E-state index contributed by atoms with van der Waals surface area (Å²) in [6, 6.07) is 0. The summed E-state index contributed by atoms with van der Waals surface area (Å²) in [4.78, 5) is 10.9. The maximum Gasteiger partial charge on any atom is 0.126 e. The molecule has 0 heterocycles. The van der Waals surface area contributed by atoms with Crippen molar-refractivity contribution in [2.45, 2.75) is 44.1 Å². The van der Waals surface area contributed by atoms with Crippen molar-refractivity contribution in [3.05, 3.63) is 0 Å². The Kier molecular flexibility index (Phi) is 2.19. The number of fused-ring (bicyclic) bond motifs is 3. The molecule has 0 spiro atoms. The zero-order valence-electron chi connectivity index (χ0n) is 7.11. The van der Waals surface area contributed by atoms with Crippen LogP contribution in [-0.2, 0) is 4.79 Å². The molecule has 1 N–H and O–H groups in total. The van der Waals surface area contributed by atoms with E-state index in [9.17, 15) is 4.79 Å². The second kappa shape index (κ2) is 2.94.